The first-order valence-corrected chi connectivity index (χ1v) is 13.4. The molecule has 9 nitrogen and oxygen atoms in total. The average Bonchev–Trinajstić information content (AvgIpc) is 3.40. The van der Waals surface area contributed by atoms with Crippen molar-refractivity contribution in [2.75, 3.05) is 5.32 Å². The SMILES string of the molecule is CC(C)(C)OC(=O)Nc1cc(C(F)(F)F)c2nc1-c1nnc(o1)C(OCc1ccccc1)(C(F)(F)F)CC/C=C\CCC2=O. The average molecular weight is 627 g/mol. The van der Waals surface area contributed by atoms with Crippen LogP contribution in [0.15, 0.2) is 53.0 Å². The summed E-state index contributed by atoms with van der Waals surface area (Å²) < 4.78 is 103. The molecule has 1 aliphatic heterocycles. The molecule has 1 amide bonds. The Bertz CT molecular complexity index is 1530. The lowest BCUT2D eigenvalue weighted by Crippen LogP contribution is -2.45. The van der Waals surface area contributed by atoms with Crippen LogP contribution in [-0.2, 0) is 27.9 Å². The normalized spacial score (nSPS) is 18.8. The Kier molecular flexibility index (Phi) is 9.18. The summed E-state index contributed by atoms with van der Waals surface area (Å²) in [5.74, 6) is -2.84. The van der Waals surface area contributed by atoms with Gasteiger partial charge in [-0.25, -0.2) is 9.78 Å². The van der Waals surface area contributed by atoms with E-state index >= 15 is 0 Å². The molecule has 1 atom stereocenters. The van der Waals surface area contributed by atoms with Crippen molar-refractivity contribution in [3.63, 3.8) is 0 Å². The molecule has 3 aromatic rings. The van der Waals surface area contributed by atoms with Gasteiger partial charge in [0, 0.05) is 6.42 Å². The van der Waals surface area contributed by atoms with Crippen molar-refractivity contribution in [1.29, 1.82) is 0 Å². The van der Waals surface area contributed by atoms with Gasteiger partial charge in [-0.1, -0.05) is 42.5 Å². The summed E-state index contributed by atoms with van der Waals surface area (Å²) in [6, 6.07) is 8.46. The molecule has 0 fully saturated rings. The number of anilines is 1. The number of fused-ring (bicyclic) bond motifs is 5. The van der Waals surface area contributed by atoms with Crippen LogP contribution in [0.3, 0.4) is 0 Å². The molecular weight excluding hydrogens is 598 g/mol. The van der Waals surface area contributed by atoms with E-state index in [4.69, 9.17) is 13.9 Å². The Morgan fingerprint density at radius 2 is 1.68 bits per heavy atom. The van der Waals surface area contributed by atoms with E-state index in [2.05, 4.69) is 20.5 Å². The van der Waals surface area contributed by atoms with Crippen molar-refractivity contribution >= 4 is 17.6 Å². The zero-order valence-electron chi connectivity index (χ0n) is 23.8. The molecule has 15 heteroatoms. The van der Waals surface area contributed by atoms with E-state index in [0.717, 1.165) is 0 Å². The van der Waals surface area contributed by atoms with Gasteiger partial charge in [-0.2, -0.15) is 26.3 Å². The number of halogens is 6. The van der Waals surface area contributed by atoms with Crippen LogP contribution in [0.2, 0.25) is 0 Å². The molecule has 4 rings (SSSR count). The number of rotatable bonds is 4. The van der Waals surface area contributed by atoms with Gasteiger partial charge in [0.2, 0.25) is 5.60 Å². The van der Waals surface area contributed by atoms with Crippen LogP contribution in [0.1, 0.15) is 74.0 Å². The third-order valence-corrected chi connectivity index (χ3v) is 6.35. The highest BCUT2D eigenvalue weighted by Crippen LogP contribution is 2.47. The zero-order valence-corrected chi connectivity index (χ0v) is 23.8. The van der Waals surface area contributed by atoms with Gasteiger partial charge in [-0.15, -0.1) is 10.2 Å². The predicted molar refractivity (Wildman–Crippen MR) is 143 cm³/mol. The molecule has 0 spiro atoms. The fraction of sp³-hybridized carbons (Fsp3) is 0.414. The molecule has 2 aromatic heterocycles. The number of alkyl halides is 6. The molecule has 0 saturated heterocycles. The third kappa shape index (κ3) is 7.44. The number of pyridine rings is 1. The standard InChI is InChI=1S/C29H28F6N4O5/c1-26(2,3)44-25(41)36-19-15-18(28(30,31)32)21-20(40)13-9-4-5-10-14-27(29(33,34)35,42-16-17-11-7-6-8-12-17)24-39-38-23(43-24)22(19)37-21/h4-8,11-12,15H,9-10,13-14,16H2,1-3H3,(H,36,41)/b5-4-. The third-order valence-electron chi connectivity index (χ3n) is 6.35. The van der Waals surface area contributed by atoms with Gasteiger partial charge in [0.1, 0.15) is 11.3 Å². The van der Waals surface area contributed by atoms with Crippen molar-refractivity contribution in [3.05, 3.63) is 71.3 Å². The number of nitrogens with zero attached hydrogens (tertiary/aromatic N) is 3. The molecule has 4 bridgehead atoms. The quantitative estimate of drug-likeness (QED) is 0.231. The number of allylic oxidation sites excluding steroid dienone is 2. The van der Waals surface area contributed by atoms with Crippen LogP contribution in [-0.4, -0.2) is 38.8 Å². The predicted octanol–water partition coefficient (Wildman–Crippen LogP) is 7.78. The minimum atomic E-state index is -5.10. The fourth-order valence-electron chi connectivity index (χ4n) is 4.32. The molecule has 0 saturated carbocycles. The van der Waals surface area contributed by atoms with Crippen LogP contribution in [0, 0.1) is 0 Å². The van der Waals surface area contributed by atoms with Crippen molar-refractivity contribution in [1.82, 2.24) is 15.2 Å². The smallest absolute Gasteiger partial charge is 0.426 e. The number of benzene rings is 1. The Morgan fingerprint density at radius 1 is 1.00 bits per heavy atom. The van der Waals surface area contributed by atoms with Gasteiger partial charge in [0.25, 0.3) is 11.8 Å². The Balaban J connectivity index is 1.92. The molecule has 236 valence electrons. The minimum absolute atomic E-state index is 0.0761. The fourth-order valence-corrected chi connectivity index (χ4v) is 4.32. The summed E-state index contributed by atoms with van der Waals surface area (Å²) in [6.45, 7) is 4.02. The summed E-state index contributed by atoms with van der Waals surface area (Å²) in [5.41, 5.74) is -7.65. The van der Waals surface area contributed by atoms with Gasteiger partial charge in [-0.05, 0) is 51.7 Å². The lowest BCUT2D eigenvalue weighted by molar-refractivity contribution is -0.299. The van der Waals surface area contributed by atoms with E-state index in [1.54, 1.807) is 30.3 Å². The highest BCUT2D eigenvalue weighted by atomic mass is 19.4. The lowest BCUT2D eigenvalue weighted by Gasteiger charge is -2.32. The van der Waals surface area contributed by atoms with Gasteiger partial charge < -0.3 is 13.9 Å². The van der Waals surface area contributed by atoms with Crippen LogP contribution in [0.25, 0.3) is 11.6 Å². The second-order valence-electron chi connectivity index (χ2n) is 10.9. The first kappa shape index (κ1) is 32.6. The molecular formula is C29H28F6N4O5. The summed E-state index contributed by atoms with van der Waals surface area (Å²) in [5, 5.41) is 9.34. The van der Waals surface area contributed by atoms with E-state index in [-0.39, 0.29) is 12.8 Å². The van der Waals surface area contributed by atoms with Gasteiger partial charge in [0.05, 0.1) is 17.9 Å². The van der Waals surface area contributed by atoms with E-state index in [0.29, 0.717) is 11.6 Å². The Hall–Kier alpha value is -4.27. The van der Waals surface area contributed by atoms with Crippen LogP contribution in [0.4, 0.5) is 36.8 Å². The maximum Gasteiger partial charge on any atom is 0.426 e. The van der Waals surface area contributed by atoms with Crippen LogP contribution in [0.5, 0.6) is 0 Å². The summed E-state index contributed by atoms with van der Waals surface area (Å²) in [4.78, 5) is 29.3. The highest BCUT2D eigenvalue weighted by molar-refractivity contribution is 5.98. The molecule has 0 radical (unpaired) electrons. The highest BCUT2D eigenvalue weighted by Gasteiger charge is 2.61. The Labute approximate surface area is 247 Å². The molecule has 3 heterocycles. The van der Waals surface area contributed by atoms with E-state index in [1.807, 2.05) is 0 Å². The first-order valence-electron chi connectivity index (χ1n) is 13.4. The molecule has 0 aliphatic carbocycles. The minimum Gasteiger partial charge on any atom is -0.444 e. The van der Waals surface area contributed by atoms with Crippen molar-refractivity contribution in [3.8, 4) is 11.6 Å². The zero-order chi connectivity index (χ0) is 32.3. The number of aromatic nitrogens is 3. The van der Waals surface area contributed by atoms with Gasteiger partial charge in [0.15, 0.2) is 11.5 Å². The molecule has 1 unspecified atom stereocenters. The van der Waals surface area contributed by atoms with E-state index in [9.17, 15) is 35.9 Å². The molecule has 1 aromatic carbocycles. The number of amides is 1. The number of ether oxygens (including phenoxy) is 2. The number of hydrogen-bond donors (Lipinski definition) is 1. The number of carbonyl (C=O) groups excluding carboxylic acids is 2. The summed E-state index contributed by atoms with van der Waals surface area (Å²) >= 11 is 0. The number of carbonyl (C=O) groups is 2. The monoisotopic (exact) mass is 626 g/mol. The number of ketones is 1. The van der Waals surface area contributed by atoms with Crippen molar-refractivity contribution in [2.45, 2.75) is 76.6 Å². The largest absolute Gasteiger partial charge is 0.444 e. The molecule has 44 heavy (non-hydrogen) atoms. The van der Waals surface area contributed by atoms with E-state index < -0.39 is 89.3 Å². The summed E-state index contributed by atoms with van der Waals surface area (Å²) in [7, 11) is 0. The van der Waals surface area contributed by atoms with Crippen molar-refractivity contribution in [2.24, 2.45) is 0 Å². The second-order valence-corrected chi connectivity index (χ2v) is 10.9. The van der Waals surface area contributed by atoms with E-state index in [1.165, 1.54) is 32.9 Å². The molecule has 1 N–H and O–H groups in total. The van der Waals surface area contributed by atoms with Crippen LogP contribution >= 0.6 is 0 Å². The maximum absolute atomic E-state index is 14.9. The number of Topliss-reactive ketones (excluding diaryl/α,β-unsaturated/α-hetero) is 1. The number of hydrogen-bond acceptors (Lipinski definition) is 8. The van der Waals surface area contributed by atoms with Gasteiger partial charge >= 0.3 is 18.4 Å². The topological polar surface area (TPSA) is 116 Å². The lowest BCUT2D eigenvalue weighted by atomic mass is 9.95. The second kappa shape index (κ2) is 12.4. The first-order chi connectivity index (χ1) is 20.5. The number of nitrogens with one attached hydrogen (secondary N) is 1. The van der Waals surface area contributed by atoms with Crippen molar-refractivity contribution < 1.29 is 49.8 Å². The summed E-state index contributed by atoms with van der Waals surface area (Å²) in [6.07, 6.45) is -10.1. The maximum atomic E-state index is 14.9. The molecule has 1 aliphatic rings. The van der Waals surface area contributed by atoms with Crippen LogP contribution < -0.4 is 5.32 Å². The van der Waals surface area contributed by atoms with Gasteiger partial charge in [-0.3, -0.25) is 10.1 Å². The Morgan fingerprint density at radius 3 is 2.32 bits per heavy atom.